The second kappa shape index (κ2) is 4.86. The maximum Gasteiger partial charge on any atom is 0.231 e. The molecule has 6 nitrogen and oxygen atoms in total. The molecule has 7 heteroatoms. The average molecular weight is 286 g/mol. The highest BCUT2D eigenvalue weighted by molar-refractivity contribution is 5.89. The molecule has 2 aromatic heterocycles. The van der Waals surface area contributed by atoms with Crippen LogP contribution < -0.4 is 10.5 Å². The van der Waals surface area contributed by atoms with Crippen LogP contribution in [-0.4, -0.2) is 20.8 Å². The van der Waals surface area contributed by atoms with E-state index in [1.807, 2.05) is 0 Å². The predicted molar refractivity (Wildman–Crippen MR) is 74.8 cm³/mol. The van der Waals surface area contributed by atoms with Crippen LogP contribution in [0.25, 0.3) is 11.0 Å². The second-order valence-corrected chi connectivity index (χ2v) is 4.45. The Morgan fingerprint density at radius 2 is 2.14 bits per heavy atom. The van der Waals surface area contributed by atoms with E-state index in [-0.39, 0.29) is 11.6 Å². The summed E-state index contributed by atoms with van der Waals surface area (Å²) in [6.45, 7) is 0. The molecule has 0 atom stereocenters. The zero-order valence-electron chi connectivity index (χ0n) is 11.1. The largest absolute Gasteiger partial charge is 0.435 e. The Labute approximate surface area is 119 Å². The number of rotatable bonds is 3. The topological polar surface area (TPSA) is 83.0 Å². The van der Waals surface area contributed by atoms with Crippen LogP contribution >= 0.6 is 0 Å². The van der Waals surface area contributed by atoms with Gasteiger partial charge in [-0.3, -0.25) is 4.79 Å². The number of aryl methyl sites for hydroxylation is 1. The lowest BCUT2D eigenvalue weighted by molar-refractivity contribution is 0.111. The summed E-state index contributed by atoms with van der Waals surface area (Å²) in [5.41, 5.74) is 6.74. The molecule has 0 aliphatic rings. The van der Waals surface area contributed by atoms with Crippen molar-refractivity contribution in [3.63, 3.8) is 0 Å². The minimum absolute atomic E-state index is 0.000654. The summed E-state index contributed by atoms with van der Waals surface area (Å²) in [4.78, 5) is 19.1. The van der Waals surface area contributed by atoms with E-state index in [0.717, 1.165) is 6.07 Å². The van der Waals surface area contributed by atoms with Gasteiger partial charge in [-0.15, -0.1) is 0 Å². The van der Waals surface area contributed by atoms with Crippen molar-refractivity contribution in [1.82, 2.24) is 14.5 Å². The SMILES string of the molecule is Cn1c(C=O)cc2c(Oc3ccc(N)cc3F)ncnc21. The number of nitrogen functional groups attached to an aromatic ring is 1. The number of ether oxygens (including phenoxy) is 1. The van der Waals surface area contributed by atoms with Crippen LogP contribution in [-0.2, 0) is 7.05 Å². The summed E-state index contributed by atoms with van der Waals surface area (Å²) >= 11 is 0. The molecule has 0 saturated carbocycles. The van der Waals surface area contributed by atoms with Crippen LogP contribution in [0.4, 0.5) is 10.1 Å². The van der Waals surface area contributed by atoms with Crippen molar-refractivity contribution in [3.05, 3.63) is 42.1 Å². The van der Waals surface area contributed by atoms with E-state index in [0.29, 0.717) is 28.7 Å². The van der Waals surface area contributed by atoms with E-state index >= 15 is 0 Å². The number of nitrogens with zero attached hydrogens (tertiary/aromatic N) is 3. The number of carbonyl (C=O) groups excluding carboxylic acids is 1. The first-order valence-corrected chi connectivity index (χ1v) is 6.08. The molecule has 2 heterocycles. The van der Waals surface area contributed by atoms with Gasteiger partial charge < -0.3 is 15.0 Å². The lowest BCUT2D eigenvalue weighted by atomic mass is 10.3. The second-order valence-electron chi connectivity index (χ2n) is 4.45. The van der Waals surface area contributed by atoms with E-state index < -0.39 is 5.82 Å². The summed E-state index contributed by atoms with van der Waals surface area (Å²) in [7, 11) is 1.70. The van der Waals surface area contributed by atoms with E-state index in [4.69, 9.17) is 10.5 Å². The van der Waals surface area contributed by atoms with Gasteiger partial charge in [0.15, 0.2) is 17.9 Å². The maximum atomic E-state index is 13.8. The molecule has 106 valence electrons. The van der Waals surface area contributed by atoms with Gasteiger partial charge >= 0.3 is 0 Å². The van der Waals surface area contributed by atoms with Crippen LogP contribution in [0, 0.1) is 5.82 Å². The van der Waals surface area contributed by atoms with Gasteiger partial charge in [0.2, 0.25) is 5.88 Å². The number of fused-ring (bicyclic) bond motifs is 1. The molecular weight excluding hydrogens is 275 g/mol. The smallest absolute Gasteiger partial charge is 0.231 e. The molecule has 21 heavy (non-hydrogen) atoms. The number of benzene rings is 1. The summed E-state index contributed by atoms with van der Waals surface area (Å²) in [6, 6.07) is 5.70. The first-order chi connectivity index (χ1) is 10.1. The van der Waals surface area contributed by atoms with Crippen LogP contribution in [0.5, 0.6) is 11.6 Å². The number of hydrogen-bond donors (Lipinski definition) is 1. The van der Waals surface area contributed by atoms with E-state index in [9.17, 15) is 9.18 Å². The third-order valence-corrected chi connectivity index (χ3v) is 3.11. The molecule has 0 unspecified atom stereocenters. The summed E-state index contributed by atoms with van der Waals surface area (Å²) in [5.74, 6) is -0.415. The first kappa shape index (κ1) is 13.0. The highest BCUT2D eigenvalue weighted by Gasteiger charge is 2.14. The van der Waals surface area contributed by atoms with Crippen molar-refractivity contribution < 1.29 is 13.9 Å². The van der Waals surface area contributed by atoms with Crippen molar-refractivity contribution in [2.24, 2.45) is 7.05 Å². The lowest BCUT2D eigenvalue weighted by Gasteiger charge is -2.07. The maximum absolute atomic E-state index is 13.8. The standard InChI is InChI=1S/C14H11FN4O2/c1-19-9(6-20)5-10-13(19)17-7-18-14(10)21-12-3-2-8(16)4-11(12)15/h2-7H,16H2,1H3. The van der Waals surface area contributed by atoms with E-state index in [2.05, 4.69) is 9.97 Å². The highest BCUT2D eigenvalue weighted by Crippen LogP contribution is 2.30. The van der Waals surface area contributed by atoms with Crippen molar-refractivity contribution in [1.29, 1.82) is 0 Å². The molecule has 1 aromatic carbocycles. The number of halogens is 1. The molecule has 0 aliphatic heterocycles. The first-order valence-electron chi connectivity index (χ1n) is 6.08. The number of nitrogens with two attached hydrogens (primary N) is 1. The third-order valence-electron chi connectivity index (χ3n) is 3.11. The zero-order valence-corrected chi connectivity index (χ0v) is 11.1. The molecule has 2 N–H and O–H groups in total. The number of carbonyl (C=O) groups is 1. The molecule has 0 amide bonds. The van der Waals surface area contributed by atoms with Gasteiger partial charge in [0.25, 0.3) is 0 Å². The minimum Gasteiger partial charge on any atom is -0.435 e. The summed E-state index contributed by atoms with van der Waals surface area (Å²) in [6.07, 6.45) is 2.00. The molecular formula is C14H11FN4O2. The molecule has 0 bridgehead atoms. The lowest BCUT2D eigenvalue weighted by Crippen LogP contribution is -1.97. The van der Waals surface area contributed by atoms with Crippen molar-refractivity contribution in [2.45, 2.75) is 0 Å². The van der Waals surface area contributed by atoms with Gasteiger partial charge in [-0.1, -0.05) is 0 Å². The fourth-order valence-corrected chi connectivity index (χ4v) is 2.03. The van der Waals surface area contributed by atoms with Gasteiger partial charge in [-0.2, -0.15) is 0 Å². The van der Waals surface area contributed by atoms with Crippen LogP contribution in [0.1, 0.15) is 10.5 Å². The van der Waals surface area contributed by atoms with Crippen LogP contribution in [0.3, 0.4) is 0 Å². The van der Waals surface area contributed by atoms with E-state index in [1.165, 1.54) is 18.5 Å². The fourth-order valence-electron chi connectivity index (χ4n) is 2.03. The summed E-state index contributed by atoms with van der Waals surface area (Å²) < 4.78 is 20.9. The highest BCUT2D eigenvalue weighted by atomic mass is 19.1. The fraction of sp³-hybridized carbons (Fsp3) is 0.0714. The number of hydrogen-bond acceptors (Lipinski definition) is 5. The van der Waals surface area contributed by atoms with Crippen LogP contribution in [0.2, 0.25) is 0 Å². The predicted octanol–water partition coefficient (Wildman–Crippen LogP) is 2.29. The molecule has 0 aliphatic carbocycles. The summed E-state index contributed by atoms with van der Waals surface area (Å²) in [5, 5.41) is 0.526. The Morgan fingerprint density at radius 1 is 1.33 bits per heavy atom. The van der Waals surface area contributed by atoms with Gasteiger partial charge in [-0.25, -0.2) is 14.4 Å². The molecule has 0 saturated heterocycles. The Bertz CT molecular complexity index is 844. The Morgan fingerprint density at radius 3 is 2.86 bits per heavy atom. The van der Waals surface area contributed by atoms with E-state index in [1.54, 1.807) is 17.7 Å². The van der Waals surface area contributed by atoms with Crippen molar-refractivity contribution >= 4 is 23.0 Å². The number of aldehydes is 1. The van der Waals surface area contributed by atoms with Gasteiger partial charge in [0.05, 0.1) is 11.1 Å². The van der Waals surface area contributed by atoms with Gasteiger partial charge in [-0.05, 0) is 18.2 Å². The minimum atomic E-state index is -0.590. The average Bonchev–Trinajstić information content (AvgIpc) is 2.80. The van der Waals surface area contributed by atoms with Gasteiger partial charge in [0, 0.05) is 18.8 Å². The number of aromatic nitrogens is 3. The van der Waals surface area contributed by atoms with Gasteiger partial charge in [0.1, 0.15) is 12.0 Å². The molecule has 3 aromatic rings. The molecule has 3 rings (SSSR count). The van der Waals surface area contributed by atoms with Crippen LogP contribution in [0.15, 0.2) is 30.6 Å². The Hall–Kier alpha value is -2.96. The van der Waals surface area contributed by atoms with Crippen molar-refractivity contribution in [2.75, 3.05) is 5.73 Å². The normalized spacial score (nSPS) is 10.8. The molecule has 0 radical (unpaired) electrons. The zero-order chi connectivity index (χ0) is 15.0. The quantitative estimate of drug-likeness (QED) is 0.590. The molecule has 0 spiro atoms. The Kier molecular flexibility index (Phi) is 3.02. The monoisotopic (exact) mass is 286 g/mol. The number of anilines is 1. The Balaban J connectivity index is 2.10. The van der Waals surface area contributed by atoms with Crippen molar-refractivity contribution in [3.8, 4) is 11.6 Å². The third kappa shape index (κ3) is 2.18. The molecule has 0 fully saturated rings.